The van der Waals surface area contributed by atoms with Gasteiger partial charge in [-0.05, 0) is 49.2 Å². The molecule has 0 bridgehead atoms. The van der Waals surface area contributed by atoms with Crippen LogP contribution in [0.3, 0.4) is 0 Å². The Morgan fingerprint density at radius 1 is 1.18 bits per heavy atom. The van der Waals surface area contributed by atoms with Crippen LogP contribution in [-0.2, 0) is 16.7 Å². The molecule has 1 amide bonds. The maximum Gasteiger partial charge on any atom is 0.306 e. The zero-order chi connectivity index (χ0) is 20.3. The van der Waals surface area contributed by atoms with Gasteiger partial charge >= 0.3 is 10.1 Å². The molecule has 8 heteroatoms. The number of fused-ring (bicyclic) bond motifs is 1. The fraction of sp³-hybridized carbons (Fsp3) is 0.350. The van der Waals surface area contributed by atoms with Gasteiger partial charge in [0.2, 0.25) is 6.79 Å². The number of ether oxygens (including phenoxy) is 2. The smallest absolute Gasteiger partial charge is 0.306 e. The second-order valence-corrected chi connectivity index (χ2v) is 8.27. The molecule has 0 saturated carbocycles. The molecule has 7 nitrogen and oxygen atoms in total. The maximum absolute atomic E-state index is 13.2. The largest absolute Gasteiger partial charge is 0.454 e. The number of nitrogens with zero attached hydrogens (tertiary/aromatic N) is 1. The van der Waals surface area contributed by atoms with Crippen LogP contribution < -0.4 is 13.7 Å². The minimum absolute atomic E-state index is 0.0163. The molecular formula is C20H23NO6S. The van der Waals surface area contributed by atoms with Crippen molar-refractivity contribution in [3.8, 4) is 17.2 Å². The first kappa shape index (κ1) is 20.0. The fourth-order valence-corrected chi connectivity index (χ4v) is 3.36. The summed E-state index contributed by atoms with van der Waals surface area (Å²) < 4.78 is 38.3. The highest BCUT2D eigenvalue weighted by Gasteiger charge is 2.23. The van der Waals surface area contributed by atoms with Crippen LogP contribution in [-0.4, -0.2) is 38.3 Å². The number of hydrogen-bond acceptors (Lipinski definition) is 6. The molecule has 2 aromatic carbocycles. The molecule has 1 heterocycles. The first-order valence-electron chi connectivity index (χ1n) is 8.96. The molecule has 28 heavy (non-hydrogen) atoms. The Hall–Kier alpha value is -2.74. The van der Waals surface area contributed by atoms with Crippen molar-refractivity contribution in [1.29, 1.82) is 0 Å². The van der Waals surface area contributed by atoms with Crippen molar-refractivity contribution in [2.45, 2.75) is 32.9 Å². The van der Waals surface area contributed by atoms with Crippen molar-refractivity contribution < 1.29 is 26.9 Å². The van der Waals surface area contributed by atoms with Crippen molar-refractivity contribution in [3.05, 3.63) is 53.6 Å². The van der Waals surface area contributed by atoms with E-state index in [9.17, 15) is 13.2 Å². The second-order valence-electron chi connectivity index (χ2n) is 6.69. The molecule has 0 aromatic heterocycles. The SMILES string of the molecule is CC[C@@H](C)N(Cc1cccc(OS(C)(=O)=O)c1)C(=O)c1ccc2c(c1)OCO2. The zero-order valence-corrected chi connectivity index (χ0v) is 16.9. The van der Waals surface area contributed by atoms with E-state index in [0.717, 1.165) is 18.2 Å². The van der Waals surface area contributed by atoms with Crippen LogP contribution in [0.2, 0.25) is 0 Å². The Bertz CT molecular complexity index is 972. The van der Waals surface area contributed by atoms with Gasteiger partial charge in [0.15, 0.2) is 11.5 Å². The van der Waals surface area contributed by atoms with E-state index in [-0.39, 0.29) is 24.5 Å². The van der Waals surface area contributed by atoms with Gasteiger partial charge in [-0.3, -0.25) is 4.79 Å². The Kier molecular flexibility index (Phi) is 5.79. The topological polar surface area (TPSA) is 82.1 Å². The molecule has 0 radical (unpaired) electrons. The van der Waals surface area contributed by atoms with Crippen molar-refractivity contribution in [2.75, 3.05) is 13.0 Å². The van der Waals surface area contributed by atoms with Crippen molar-refractivity contribution in [3.63, 3.8) is 0 Å². The molecule has 1 atom stereocenters. The van der Waals surface area contributed by atoms with E-state index in [1.54, 1.807) is 41.3 Å². The summed E-state index contributed by atoms with van der Waals surface area (Å²) in [7, 11) is -3.61. The lowest BCUT2D eigenvalue weighted by atomic mass is 10.1. The normalized spacial score (nSPS) is 13.8. The molecule has 0 spiro atoms. The van der Waals surface area contributed by atoms with Crippen LogP contribution in [0, 0.1) is 0 Å². The molecule has 3 rings (SSSR count). The zero-order valence-electron chi connectivity index (χ0n) is 16.0. The van der Waals surface area contributed by atoms with Crippen molar-refractivity contribution >= 4 is 16.0 Å². The standard InChI is InChI=1S/C20H23NO6S/c1-4-14(2)21(12-15-6-5-7-17(10-15)27-28(3,23)24)20(22)16-8-9-18-19(11-16)26-13-25-18/h5-11,14H,4,12-13H2,1-3H3/t14-/m1/s1. The lowest BCUT2D eigenvalue weighted by Crippen LogP contribution is -2.37. The molecule has 0 N–H and O–H groups in total. The third-order valence-corrected chi connectivity index (χ3v) is 5.00. The third kappa shape index (κ3) is 4.75. The van der Waals surface area contributed by atoms with Crippen LogP contribution in [0.1, 0.15) is 36.2 Å². The molecule has 2 aromatic rings. The summed E-state index contributed by atoms with van der Waals surface area (Å²) in [5.41, 5.74) is 1.28. The molecule has 1 aliphatic rings. The Morgan fingerprint density at radius 3 is 2.64 bits per heavy atom. The predicted octanol–water partition coefficient (Wildman–Crippen LogP) is 3.19. The molecule has 150 valence electrons. The number of rotatable bonds is 7. The summed E-state index contributed by atoms with van der Waals surface area (Å²) in [5, 5.41) is 0. The van der Waals surface area contributed by atoms with Crippen LogP contribution in [0.5, 0.6) is 17.2 Å². The first-order valence-corrected chi connectivity index (χ1v) is 10.8. The minimum atomic E-state index is -3.61. The summed E-state index contributed by atoms with van der Waals surface area (Å²) >= 11 is 0. The number of hydrogen-bond donors (Lipinski definition) is 0. The fourth-order valence-electron chi connectivity index (χ4n) is 2.91. The van der Waals surface area contributed by atoms with Gasteiger partial charge in [-0.15, -0.1) is 0 Å². The molecule has 1 aliphatic heterocycles. The van der Waals surface area contributed by atoms with E-state index in [0.29, 0.717) is 23.6 Å². The van der Waals surface area contributed by atoms with Gasteiger partial charge in [0.25, 0.3) is 5.91 Å². The van der Waals surface area contributed by atoms with E-state index >= 15 is 0 Å². The number of amides is 1. The van der Waals surface area contributed by atoms with Gasteiger partial charge < -0.3 is 18.6 Å². The van der Waals surface area contributed by atoms with E-state index in [1.165, 1.54) is 0 Å². The Balaban J connectivity index is 1.85. The quantitative estimate of drug-likeness (QED) is 0.658. The van der Waals surface area contributed by atoms with Gasteiger partial charge in [-0.2, -0.15) is 8.42 Å². The number of carbonyl (C=O) groups is 1. The van der Waals surface area contributed by atoms with E-state index in [4.69, 9.17) is 13.7 Å². The van der Waals surface area contributed by atoms with E-state index in [1.807, 2.05) is 19.9 Å². The minimum Gasteiger partial charge on any atom is -0.454 e. The van der Waals surface area contributed by atoms with Gasteiger partial charge in [0.1, 0.15) is 5.75 Å². The summed E-state index contributed by atoms with van der Waals surface area (Å²) in [6.07, 6.45) is 1.77. The van der Waals surface area contributed by atoms with Crippen LogP contribution in [0.25, 0.3) is 0 Å². The summed E-state index contributed by atoms with van der Waals surface area (Å²) in [6, 6.07) is 11.8. The molecular weight excluding hydrogens is 382 g/mol. The highest BCUT2D eigenvalue weighted by atomic mass is 32.2. The average molecular weight is 405 g/mol. The highest BCUT2D eigenvalue weighted by molar-refractivity contribution is 7.86. The lowest BCUT2D eigenvalue weighted by Gasteiger charge is -2.29. The van der Waals surface area contributed by atoms with E-state index in [2.05, 4.69) is 0 Å². The van der Waals surface area contributed by atoms with Gasteiger partial charge in [-0.1, -0.05) is 19.1 Å². The van der Waals surface area contributed by atoms with Gasteiger partial charge in [-0.25, -0.2) is 0 Å². The van der Waals surface area contributed by atoms with Crippen LogP contribution in [0.4, 0.5) is 0 Å². The number of carbonyl (C=O) groups excluding carboxylic acids is 1. The van der Waals surface area contributed by atoms with Gasteiger partial charge in [0, 0.05) is 18.2 Å². The predicted molar refractivity (Wildman–Crippen MR) is 104 cm³/mol. The Labute approximate surface area is 164 Å². The summed E-state index contributed by atoms with van der Waals surface area (Å²) in [4.78, 5) is 14.9. The average Bonchev–Trinajstić information content (AvgIpc) is 3.11. The van der Waals surface area contributed by atoms with Crippen LogP contribution in [0.15, 0.2) is 42.5 Å². The molecule has 0 unspecified atom stereocenters. The number of benzene rings is 2. The highest BCUT2D eigenvalue weighted by Crippen LogP contribution is 2.33. The van der Waals surface area contributed by atoms with Crippen molar-refractivity contribution in [2.24, 2.45) is 0 Å². The van der Waals surface area contributed by atoms with Crippen LogP contribution >= 0.6 is 0 Å². The third-order valence-electron chi connectivity index (χ3n) is 4.50. The maximum atomic E-state index is 13.2. The first-order chi connectivity index (χ1) is 13.3. The van der Waals surface area contributed by atoms with Crippen molar-refractivity contribution in [1.82, 2.24) is 4.90 Å². The van der Waals surface area contributed by atoms with E-state index < -0.39 is 10.1 Å². The molecule has 0 saturated heterocycles. The summed E-state index contributed by atoms with van der Waals surface area (Å²) in [5.74, 6) is 1.26. The summed E-state index contributed by atoms with van der Waals surface area (Å²) in [6.45, 7) is 4.45. The molecule has 0 fully saturated rings. The van der Waals surface area contributed by atoms with Gasteiger partial charge in [0.05, 0.1) is 6.26 Å². The lowest BCUT2D eigenvalue weighted by molar-refractivity contribution is 0.0671. The molecule has 0 aliphatic carbocycles. The second kappa shape index (κ2) is 8.10. The Morgan fingerprint density at radius 2 is 1.93 bits per heavy atom. The monoisotopic (exact) mass is 405 g/mol.